The maximum absolute atomic E-state index is 12.7. The van der Waals surface area contributed by atoms with Gasteiger partial charge in [-0.15, -0.1) is 0 Å². The van der Waals surface area contributed by atoms with Crippen molar-refractivity contribution in [3.8, 4) is 0 Å². The van der Waals surface area contributed by atoms with Crippen LogP contribution in [-0.2, 0) is 9.59 Å². The predicted molar refractivity (Wildman–Crippen MR) is 125 cm³/mol. The SMILES string of the molecule is CCNC(=NCC(=O)N1CCN(c2ccc(Cl)cc2)CC1)NC1CCN(C(=O)CC)C1. The number of anilines is 1. The molecule has 1 atom stereocenters. The molecule has 170 valence electrons. The van der Waals surface area contributed by atoms with Crippen molar-refractivity contribution in [1.82, 2.24) is 20.4 Å². The van der Waals surface area contributed by atoms with Crippen LogP contribution in [0.1, 0.15) is 26.7 Å². The van der Waals surface area contributed by atoms with Crippen molar-refractivity contribution in [2.24, 2.45) is 4.99 Å². The third-order valence-corrected chi connectivity index (χ3v) is 5.98. The van der Waals surface area contributed by atoms with Gasteiger partial charge in [-0.3, -0.25) is 9.59 Å². The Bertz CT molecular complexity index is 777. The molecule has 3 rings (SSSR count). The molecule has 0 bridgehead atoms. The van der Waals surface area contributed by atoms with Gasteiger partial charge in [-0.2, -0.15) is 0 Å². The van der Waals surface area contributed by atoms with Crippen molar-refractivity contribution in [1.29, 1.82) is 0 Å². The molecule has 8 nitrogen and oxygen atoms in total. The van der Waals surface area contributed by atoms with E-state index < -0.39 is 0 Å². The third-order valence-electron chi connectivity index (χ3n) is 5.73. The van der Waals surface area contributed by atoms with E-state index in [-0.39, 0.29) is 24.4 Å². The molecule has 31 heavy (non-hydrogen) atoms. The normalized spacial score (nSPS) is 19.5. The smallest absolute Gasteiger partial charge is 0.244 e. The molecule has 0 saturated carbocycles. The largest absolute Gasteiger partial charge is 0.368 e. The number of piperazine rings is 1. The fraction of sp³-hybridized carbons (Fsp3) is 0.591. The summed E-state index contributed by atoms with van der Waals surface area (Å²) < 4.78 is 0. The molecule has 2 amide bonds. The minimum absolute atomic E-state index is 0.0298. The van der Waals surface area contributed by atoms with E-state index in [2.05, 4.69) is 20.5 Å². The average molecular weight is 449 g/mol. The molecule has 0 aliphatic carbocycles. The van der Waals surface area contributed by atoms with Gasteiger partial charge in [0.05, 0.1) is 0 Å². The first-order valence-electron chi connectivity index (χ1n) is 11.1. The number of hydrogen-bond donors (Lipinski definition) is 2. The van der Waals surface area contributed by atoms with Crippen LogP contribution in [0.2, 0.25) is 5.02 Å². The Morgan fingerprint density at radius 1 is 1.03 bits per heavy atom. The molecular formula is C22H33ClN6O2. The van der Waals surface area contributed by atoms with Crippen molar-refractivity contribution in [2.75, 3.05) is 57.3 Å². The molecule has 1 aromatic rings. The van der Waals surface area contributed by atoms with Crippen LogP contribution < -0.4 is 15.5 Å². The van der Waals surface area contributed by atoms with E-state index in [0.29, 0.717) is 38.6 Å². The highest BCUT2D eigenvalue weighted by Gasteiger charge is 2.26. The Labute approximate surface area is 189 Å². The molecular weight excluding hydrogens is 416 g/mol. The summed E-state index contributed by atoms with van der Waals surface area (Å²) in [6.45, 7) is 9.09. The van der Waals surface area contributed by atoms with Crippen LogP contribution in [0.15, 0.2) is 29.3 Å². The van der Waals surface area contributed by atoms with Crippen molar-refractivity contribution in [3.63, 3.8) is 0 Å². The summed E-state index contributed by atoms with van der Waals surface area (Å²) in [6, 6.07) is 7.96. The van der Waals surface area contributed by atoms with Gasteiger partial charge in [0.15, 0.2) is 5.96 Å². The number of carbonyl (C=O) groups excluding carboxylic acids is 2. The van der Waals surface area contributed by atoms with Crippen LogP contribution >= 0.6 is 11.6 Å². The van der Waals surface area contributed by atoms with Gasteiger partial charge in [0.1, 0.15) is 6.54 Å². The fourth-order valence-corrected chi connectivity index (χ4v) is 4.08. The third kappa shape index (κ3) is 6.50. The zero-order valence-electron chi connectivity index (χ0n) is 18.4. The van der Waals surface area contributed by atoms with E-state index in [9.17, 15) is 9.59 Å². The number of carbonyl (C=O) groups is 2. The van der Waals surface area contributed by atoms with E-state index in [1.807, 2.05) is 47.9 Å². The molecule has 0 radical (unpaired) electrons. The summed E-state index contributed by atoms with van der Waals surface area (Å²) in [4.78, 5) is 35.1. The van der Waals surface area contributed by atoms with E-state index in [1.54, 1.807) is 0 Å². The van der Waals surface area contributed by atoms with Crippen molar-refractivity contribution in [2.45, 2.75) is 32.7 Å². The van der Waals surface area contributed by atoms with E-state index in [4.69, 9.17) is 11.6 Å². The quantitative estimate of drug-likeness (QED) is 0.510. The lowest BCUT2D eigenvalue weighted by Crippen LogP contribution is -2.50. The number of nitrogens with zero attached hydrogens (tertiary/aromatic N) is 4. The highest BCUT2D eigenvalue weighted by Crippen LogP contribution is 2.19. The second kappa shape index (κ2) is 11.2. The molecule has 2 saturated heterocycles. The van der Waals surface area contributed by atoms with Gasteiger partial charge in [-0.25, -0.2) is 4.99 Å². The summed E-state index contributed by atoms with van der Waals surface area (Å²) >= 11 is 5.97. The molecule has 0 spiro atoms. The number of guanidine groups is 1. The van der Waals surface area contributed by atoms with Gasteiger partial charge < -0.3 is 25.3 Å². The van der Waals surface area contributed by atoms with Gasteiger partial charge in [-0.05, 0) is 37.6 Å². The van der Waals surface area contributed by atoms with E-state index in [0.717, 1.165) is 36.8 Å². The number of rotatable bonds is 6. The summed E-state index contributed by atoms with van der Waals surface area (Å²) in [5, 5.41) is 7.30. The first kappa shape index (κ1) is 23.2. The second-order valence-electron chi connectivity index (χ2n) is 7.86. The zero-order chi connectivity index (χ0) is 22.2. The number of aliphatic imine (C=N–C) groups is 1. The lowest BCUT2D eigenvalue weighted by Gasteiger charge is -2.36. The lowest BCUT2D eigenvalue weighted by atomic mass is 10.2. The van der Waals surface area contributed by atoms with Crippen LogP contribution in [0.4, 0.5) is 5.69 Å². The predicted octanol–water partition coefficient (Wildman–Crippen LogP) is 1.55. The van der Waals surface area contributed by atoms with Crippen LogP contribution in [-0.4, -0.2) is 86.0 Å². The Hall–Kier alpha value is -2.48. The Kier molecular flexibility index (Phi) is 8.40. The van der Waals surface area contributed by atoms with E-state index >= 15 is 0 Å². The maximum atomic E-state index is 12.7. The summed E-state index contributed by atoms with van der Waals surface area (Å²) in [5.74, 6) is 0.841. The number of nitrogens with one attached hydrogen (secondary N) is 2. The first-order valence-corrected chi connectivity index (χ1v) is 11.5. The second-order valence-corrected chi connectivity index (χ2v) is 8.30. The van der Waals surface area contributed by atoms with Crippen molar-refractivity contribution >= 4 is 35.1 Å². The standard InChI is InChI=1S/C22H33ClN6O2/c1-3-20(30)29-10-9-18(16-29)26-22(24-4-2)25-15-21(31)28-13-11-27(12-14-28)19-7-5-17(23)6-8-19/h5-8,18H,3-4,9-16H2,1-2H3,(H2,24,25,26). The molecule has 0 aromatic heterocycles. The molecule has 9 heteroatoms. The number of likely N-dealkylation sites (tertiary alicyclic amines) is 1. The minimum atomic E-state index is 0.0298. The summed E-state index contributed by atoms with van der Waals surface area (Å²) in [5.41, 5.74) is 1.13. The van der Waals surface area contributed by atoms with Gasteiger partial charge in [0.25, 0.3) is 0 Å². The van der Waals surface area contributed by atoms with Crippen LogP contribution in [0.3, 0.4) is 0 Å². The van der Waals surface area contributed by atoms with Crippen LogP contribution in [0, 0.1) is 0 Å². The summed E-state index contributed by atoms with van der Waals surface area (Å²) in [7, 11) is 0. The van der Waals surface area contributed by atoms with Crippen molar-refractivity contribution in [3.05, 3.63) is 29.3 Å². The lowest BCUT2D eigenvalue weighted by molar-refractivity contribution is -0.130. The minimum Gasteiger partial charge on any atom is -0.368 e. The molecule has 2 fully saturated rings. The molecule has 1 unspecified atom stereocenters. The molecule has 1 aromatic carbocycles. The van der Waals surface area contributed by atoms with Gasteiger partial charge in [0.2, 0.25) is 11.8 Å². The number of halogens is 1. The first-order chi connectivity index (χ1) is 15.0. The summed E-state index contributed by atoms with van der Waals surface area (Å²) in [6.07, 6.45) is 1.41. The topological polar surface area (TPSA) is 80.3 Å². The Morgan fingerprint density at radius 2 is 1.74 bits per heavy atom. The molecule has 2 N–H and O–H groups in total. The highest BCUT2D eigenvalue weighted by atomic mass is 35.5. The maximum Gasteiger partial charge on any atom is 0.244 e. The van der Waals surface area contributed by atoms with Gasteiger partial charge >= 0.3 is 0 Å². The van der Waals surface area contributed by atoms with Crippen LogP contribution in [0.25, 0.3) is 0 Å². The number of hydrogen-bond acceptors (Lipinski definition) is 4. The highest BCUT2D eigenvalue weighted by molar-refractivity contribution is 6.30. The monoisotopic (exact) mass is 448 g/mol. The molecule has 2 heterocycles. The Morgan fingerprint density at radius 3 is 2.39 bits per heavy atom. The molecule has 2 aliphatic rings. The molecule has 2 aliphatic heterocycles. The van der Waals surface area contributed by atoms with Crippen LogP contribution in [0.5, 0.6) is 0 Å². The average Bonchev–Trinajstić information content (AvgIpc) is 3.26. The Balaban J connectivity index is 1.48. The van der Waals surface area contributed by atoms with Crippen molar-refractivity contribution < 1.29 is 9.59 Å². The zero-order valence-corrected chi connectivity index (χ0v) is 19.2. The fourth-order valence-electron chi connectivity index (χ4n) is 3.95. The van der Waals surface area contributed by atoms with Gasteiger partial charge in [-0.1, -0.05) is 18.5 Å². The number of amides is 2. The number of benzene rings is 1. The van der Waals surface area contributed by atoms with Gasteiger partial charge in [0, 0.05) is 69.0 Å². The van der Waals surface area contributed by atoms with E-state index in [1.165, 1.54) is 0 Å².